The van der Waals surface area contributed by atoms with Crippen LogP contribution in [0.25, 0.3) is 10.4 Å². The number of aromatic nitrogens is 1. The van der Waals surface area contributed by atoms with E-state index in [0.29, 0.717) is 0 Å². The third-order valence-electron chi connectivity index (χ3n) is 2.34. The summed E-state index contributed by atoms with van der Waals surface area (Å²) >= 11 is 1.54. The fourth-order valence-electron chi connectivity index (χ4n) is 1.60. The van der Waals surface area contributed by atoms with E-state index in [9.17, 15) is 0 Å². The first kappa shape index (κ1) is 10.3. The maximum Gasteiger partial charge on any atom is 0.119 e. The molecule has 0 radical (unpaired) electrons. The minimum atomic E-state index is 0.0234. The summed E-state index contributed by atoms with van der Waals surface area (Å²) in [7, 11) is 0. The summed E-state index contributed by atoms with van der Waals surface area (Å²) in [6, 6.07) is 6.37. The van der Waals surface area contributed by atoms with Crippen LogP contribution in [0.2, 0.25) is 0 Å². The molecule has 78 valence electrons. The van der Waals surface area contributed by atoms with Crippen LogP contribution in [0.5, 0.6) is 0 Å². The standard InChI is InChI=1S/C12H13NOS/c1-8-3-4-10(9(2)5-8)11-6-13-12(7-14)15-11/h3-6,14H,7H2,1-2H3. The zero-order valence-corrected chi connectivity index (χ0v) is 9.64. The van der Waals surface area contributed by atoms with Gasteiger partial charge in [-0.15, -0.1) is 11.3 Å². The van der Waals surface area contributed by atoms with Crippen LogP contribution in [0.1, 0.15) is 16.1 Å². The van der Waals surface area contributed by atoms with Gasteiger partial charge in [-0.2, -0.15) is 0 Å². The van der Waals surface area contributed by atoms with Gasteiger partial charge in [0.05, 0.1) is 11.5 Å². The number of aliphatic hydroxyl groups is 1. The van der Waals surface area contributed by atoms with Crippen molar-refractivity contribution in [1.82, 2.24) is 4.98 Å². The molecule has 0 atom stereocenters. The summed E-state index contributed by atoms with van der Waals surface area (Å²) in [5.74, 6) is 0. The summed E-state index contributed by atoms with van der Waals surface area (Å²) in [4.78, 5) is 5.26. The molecule has 1 aromatic carbocycles. The van der Waals surface area contributed by atoms with E-state index in [1.165, 1.54) is 16.7 Å². The predicted molar refractivity (Wildman–Crippen MR) is 62.9 cm³/mol. The molecule has 3 heteroatoms. The Balaban J connectivity index is 2.44. The van der Waals surface area contributed by atoms with Gasteiger partial charge in [-0.05, 0) is 25.0 Å². The molecule has 1 aromatic heterocycles. The number of hydrogen-bond donors (Lipinski definition) is 1. The Kier molecular flexibility index (Phi) is 2.84. The SMILES string of the molecule is Cc1ccc(-c2cnc(CO)s2)c(C)c1. The molecule has 0 saturated carbocycles. The van der Waals surface area contributed by atoms with Crippen LogP contribution in [-0.4, -0.2) is 10.1 Å². The Morgan fingerprint density at radius 3 is 2.73 bits per heavy atom. The van der Waals surface area contributed by atoms with Gasteiger partial charge in [0.2, 0.25) is 0 Å². The van der Waals surface area contributed by atoms with Crippen LogP contribution in [-0.2, 0) is 6.61 Å². The molecule has 0 aliphatic rings. The third-order valence-corrected chi connectivity index (χ3v) is 3.35. The predicted octanol–water partition coefficient (Wildman–Crippen LogP) is 2.92. The average Bonchev–Trinajstić information content (AvgIpc) is 2.66. The summed E-state index contributed by atoms with van der Waals surface area (Å²) in [6.07, 6.45) is 1.83. The first-order chi connectivity index (χ1) is 7.20. The monoisotopic (exact) mass is 219 g/mol. The minimum Gasteiger partial charge on any atom is -0.389 e. The van der Waals surface area contributed by atoms with Crippen molar-refractivity contribution in [2.24, 2.45) is 0 Å². The highest BCUT2D eigenvalue weighted by molar-refractivity contribution is 7.15. The molecule has 2 nitrogen and oxygen atoms in total. The van der Waals surface area contributed by atoms with E-state index in [2.05, 4.69) is 37.0 Å². The van der Waals surface area contributed by atoms with Crippen molar-refractivity contribution in [3.63, 3.8) is 0 Å². The molecule has 0 amide bonds. The lowest BCUT2D eigenvalue weighted by Gasteiger charge is -2.03. The molecule has 2 rings (SSSR count). The Labute approximate surface area is 93.2 Å². The molecule has 0 fully saturated rings. The average molecular weight is 219 g/mol. The second-order valence-corrected chi connectivity index (χ2v) is 4.71. The molecule has 15 heavy (non-hydrogen) atoms. The van der Waals surface area contributed by atoms with E-state index in [4.69, 9.17) is 5.11 Å². The van der Waals surface area contributed by atoms with Crippen LogP contribution in [0, 0.1) is 13.8 Å². The van der Waals surface area contributed by atoms with Crippen molar-refractivity contribution < 1.29 is 5.11 Å². The lowest BCUT2D eigenvalue weighted by atomic mass is 10.1. The highest BCUT2D eigenvalue weighted by Crippen LogP contribution is 2.29. The number of hydrogen-bond acceptors (Lipinski definition) is 3. The molecular formula is C12H13NOS. The quantitative estimate of drug-likeness (QED) is 0.842. The molecule has 0 aliphatic heterocycles. The van der Waals surface area contributed by atoms with E-state index in [-0.39, 0.29) is 6.61 Å². The number of rotatable bonds is 2. The molecule has 1 heterocycles. The van der Waals surface area contributed by atoms with E-state index in [1.807, 2.05) is 6.20 Å². The van der Waals surface area contributed by atoms with Gasteiger partial charge in [0.15, 0.2) is 0 Å². The van der Waals surface area contributed by atoms with Crippen LogP contribution in [0.3, 0.4) is 0 Å². The Bertz CT molecular complexity index is 476. The van der Waals surface area contributed by atoms with E-state index in [0.717, 1.165) is 9.88 Å². The molecule has 0 saturated heterocycles. The minimum absolute atomic E-state index is 0.0234. The van der Waals surface area contributed by atoms with Crippen molar-refractivity contribution in [2.75, 3.05) is 0 Å². The number of thiazole rings is 1. The van der Waals surface area contributed by atoms with Gasteiger partial charge in [-0.3, -0.25) is 0 Å². The second kappa shape index (κ2) is 4.13. The van der Waals surface area contributed by atoms with Crippen molar-refractivity contribution >= 4 is 11.3 Å². The van der Waals surface area contributed by atoms with Crippen LogP contribution in [0.4, 0.5) is 0 Å². The number of aliphatic hydroxyl groups excluding tert-OH is 1. The summed E-state index contributed by atoms with van der Waals surface area (Å²) in [5, 5.41) is 9.73. The van der Waals surface area contributed by atoms with Crippen molar-refractivity contribution in [2.45, 2.75) is 20.5 Å². The van der Waals surface area contributed by atoms with E-state index >= 15 is 0 Å². The first-order valence-corrected chi connectivity index (χ1v) is 5.65. The molecule has 0 bridgehead atoms. The smallest absolute Gasteiger partial charge is 0.119 e. The van der Waals surface area contributed by atoms with E-state index < -0.39 is 0 Å². The number of nitrogens with zero attached hydrogens (tertiary/aromatic N) is 1. The van der Waals surface area contributed by atoms with Gasteiger partial charge in [0.25, 0.3) is 0 Å². The van der Waals surface area contributed by atoms with Crippen LogP contribution >= 0.6 is 11.3 Å². The van der Waals surface area contributed by atoms with Gasteiger partial charge in [-0.25, -0.2) is 4.98 Å². The van der Waals surface area contributed by atoms with Crippen molar-refractivity contribution in [3.05, 3.63) is 40.5 Å². The zero-order valence-electron chi connectivity index (χ0n) is 8.82. The van der Waals surface area contributed by atoms with Gasteiger partial charge >= 0.3 is 0 Å². The fraction of sp³-hybridized carbons (Fsp3) is 0.250. The van der Waals surface area contributed by atoms with Crippen LogP contribution < -0.4 is 0 Å². The maximum absolute atomic E-state index is 8.96. The molecular weight excluding hydrogens is 206 g/mol. The normalized spacial score (nSPS) is 10.6. The number of benzene rings is 1. The van der Waals surface area contributed by atoms with Gasteiger partial charge in [-0.1, -0.05) is 23.8 Å². The maximum atomic E-state index is 8.96. The molecule has 0 aliphatic carbocycles. The zero-order chi connectivity index (χ0) is 10.8. The van der Waals surface area contributed by atoms with Crippen molar-refractivity contribution in [3.8, 4) is 10.4 Å². The first-order valence-electron chi connectivity index (χ1n) is 4.84. The summed E-state index contributed by atoms with van der Waals surface area (Å²) in [5.41, 5.74) is 3.73. The fourth-order valence-corrected chi connectivity index (χ4v) is 2.47. The van der Waals surface area contributed by atoms with Gasteiger partial charge in [0.1, 0.15) is 5.01 Å². The van der Waals surface area contributed by atoms with Crippen LogP contribution in [0.15, 0.2) is 24.4 Å². The van der Waals surface area contributed by atoms with Gasteiger partial charge < -0.3 is 5.11 Å². The second-order valence-electron chi connectivity index (χ2n) is 3.59. The summed E-state index contributed by atoms with van der Waals surface area (Å²) in [6.45, 7) is 4.21. The highest BCUT2D eigenvalue weighted by atomic mass is 32.1. The Hall–Kier alpha value is -1.19. The Morgan fingerprint density at radius 1 is 1.33 bits per heavy atom. The number of aryl methyl sites for hydroxylation is 2. The third kappa shape index (κ3) is 2.08. The highest BCUT2D eigenvalue weighted by Gasteiger charge is 2.06. The lowest BCUT2D eigenvalue weighted by Crippen LogP contribution is -1.81. The summed E-state index contributed by atoms with van der Waals surface area (Å²) < 4.78 is 0. The van der Waals surface area contributed by atoms with Crippen molar-refractivity contribution in [1.29, 1.82) is 0 Å². The molecule has 2 aromatic rings. The topological polar surface area (TPSA) is 33.1 Å². The Morgan fingerprint density at radius 2 is 2.13 bits per heavy atom. The molecule has 1 N–H and O–H groups in total. The van der Waals surface area contributed by atoms with E-state index in [1.54, 1.807) is 11.3 Å². The largest absolute Gasteiger partial charge is 0.389 e. The molecule has 0 unspecified atom stereocenters. The lowest BCUT2D eigenvalue weighted by molar-refractivity contribution is 0.281. The van der Waals surface area contributed by atoms with Gasteiger partial charge in [0, 0.05) is 6.20 Å². The molecule has 0 spiro atoms.